The number of amides is 1. The number of nitrogens with one attached hydrogen (secondary N) is 1. The number of fused-ring (bicyclic) bond motifs is 1. The molecule has 0 radical (unpaired) electrons. The van der Waals surface area contributed by atoms with E-state index in [1.165, 1.54) is 5.56 Å². The van der Waals surface area contributed by atoms with Crippen LogP contribution in [-0.2, 0) is 22.7 Å². The molecule has 0 aliphatic carbocycles. The number of anilines is 1. The maximum absolute atomic E-state index is 11.0. The number of carbonyl (C=O) groups excluding carboxylic acids is 1. The van der Waals surface area contributed by atoms with Crippen molar-refractivity contribution in [2.45, 2.75) is 13.2 Å². The average molecular weight is 212 g/mol. The van der Waals surface area contributed by atoms with Gasteiger partial charge >= 0.3 is 0 Å². The predicted octanol–water partition coefficient (Wildman–Crippen LogP) is 1.89. The van der Waals surface area contributed by atoms with E-state index in [2.05, 4.69) is 5.32 Å². The molecule has 0 spiro atoms. The van der Waals surface area contributed by atoms with Crippen LogP contribution in [0.5, 0.6) is 0 Å². The summed E-state index contributed by atoms with van der Waals surface area (Å²) in [6, 6.07) is 5.75. The lowest BCUT2D eigenvalue weighted by atomic mass is 10.1. The van der Waals surface area contributed by atoms with Crippen LogP contribution in [0.3, 0.4) is 0 Å². The first kappa shape index (κ1) is 9.49. The van der Waals surface area contributed by atoms with Gasteiger partial charge in [0.2, 0.25) is 5.91 Å². The molecule has 4 heteroatoms. The lowest BCUT2D eigenvalue weighted by molar-refractivity contribution is -0.113. The van der Waals surface area contributed by atoms with Crippen LogP contribution in [0.25, 0.3) is 0 Å². The fraction of sp³-hybridized carbons (Fsp3) is 0.300. The molecule has 0 aromatic heterocycles. The molecule has 0 bridgehead atoms. The molecule has 0 fully saturated rings. The van der Waals surface area contributed by atoms with Crippen LogP contribution in [0.2, 0.25) is 0 Å². The minimum atomic E-state index is -0.189. The number of benzene rings is 1. The first-order chi connectivity index (χ1) is 6.79. The molecule has 1 aliphatic rings. The number of hydrogen-bond donors (Lipinski definition) is 1. The van der Waals surface area contributed by atoms with Crippen molar-refractivity contribution in [2.24, 2.45) is 0 Å². The summed E-state index contributed by atoms with van der Waals surface area (Å²) in [5, 5.41) is 2.69. The molecule has 1 aromatic rings. The van der Waals surface area contributed by atoms with Crippen LogP contribution in [0, 0.1) is 0 Å². The third-order valence-corrected chi connectivity index (χ3v) is 2.37. The maximum atomic E-state index is 11.0. The largest absolute Gasteiger partial charge is 0.372 e. The number of ether oxygens (including phenoxy) is 1. The first-order valence-corrected chi connectivity index (χ1v) is 4.88. The van der Waals surface area contributed by atoms with Gasteiger partial charge in [0.15, 0.2) is 0 Å². The topological polar surface area (TPSA) is 38.3 Å². The summed E-state index contributed by atoms with van der Waals surface area (Å²) >= 11 is 5.38. The Morgan fingerprint density at radius 3 is 3.00 bits per heavy atom. The van der Waals surface area contributed by atoms with E-state index >= 15 is 0 Å². The second-order valence-electron chi connectivity index (χ2n) is 3.16. The molecule has 0 saturated heterocycles. The zero-order valence-electron chi connectivity index (χ0n) is 7.55. The summed E-state index contributed by atoms with van der Waals surface area (Å²) in [5.74, 6) is -0.210. The minimum Gasteiger partial charge on any atom is -0.372 e. The van der Waals surface area contributed by atoms with Crippen LogP contribution in [0.15, 0.2) is 18.2 Å². The maximum Gasteiger partial charge on any atom is 0.239 e. The molecule has 1 N–H and O–H groups in total. The van der Waals surface area contributed by atoms with Crippen molar-refractivity contribution in [1.29, 1.82) is 0 Å². The summed E-state index contributed by atoms with van der Waals surface area (Å²) in [6.45, 7) is 1.29. The molecule has 1 heterocycles. The van der Waals surface area contributed by atoms with Gasteiger partial charge in [-0.3, -0.25) is 4.79 Å². The van der Waals surface area contributed by atoms with Crippen LogP contribution in [0.1, 0.15) is 11.1 Å². The Morgan fingerprint density at radius 1 is 1.43 bits per heavy atom. The highest BCUT2D eigenvalue weighted by molar-refractivity contribution is 6.29. The highest BCUT2D eigenvalue weighted by Crippen LogP contribution is 2.23. The lowest BCUT2D eigenvalue weighted by Crippen LogP contribution is -2.12. The predicted molar refractivity (Wildman–Crippen MR) is 54.3 cm³/mol. The van der Waals surface area contributed by atoms with Gasteiger partial charge in [0.1, 0.15) is 5.88 Å². The van der Waals surface area contributed by atoms with Crippen molar-refractivity contribution < 1.29 is 9.53 Å². The summed E-state index contributed by atoms with van der Waals surface area (Å²) in [4.78, 5) is 11.0. The van der Waals surface area contributed by atoms with Crippen LogP contribution in [-0.4, -0.2) is 11.8 Å². The van der Waals surface area contributed by atoms with Crippen molar-refractivity contribution in [3.05, 3.63) is 29.3 Å². The Hall–Kier alpha value is -1.06. The van der Waals surface area contributed by atoms with Crippen molar-refractivity contribution >= 4 is 23.2 Å². The van der Waals surface area contributed by atoms with E-state index in [0.717, 1.165) is 11.3 Å². The van der Waals surface area contributed by atoms with E-state index in [0.29, 0.717) is 13.2 Å². The van der Waals surface area contributed by atoms with Gasteiger partial charge in [-0.15, -0.1) is 11.6 Å². The normalized spacial score (nSPS) is 13.8. The molecule has 74 valence electrons. The van der Waals surface area contributed by atoms with Gasteiger partial charge in [0, 0.05) is 5.69 Å². The number of rotatable bonds is 2. The molecule has 2 rings (SSSR count). The van der Waals surface area contributed by atoms with Gasteiger partial charge in [0.25, 0.3) is 0 Å². The molecular formula is C10H10ClNO2. The SMILES string of the molecule is O=C(CCl)Nc1ccc2c(c1)COC2. The van der Waals surface area contributed by atoms with E-state index in [-0.39, 0.29) is 11.8 Å². The highest BCUT2D eigenvalue weighted by Gasteiger charge is 2.11. The van der Waals surface area contributed by atoms with Gasteiger partial charge in [-0.25, -0.2) is 0 Å². The van der Waals surface area contributed by atoms with Crippen LogP contribution >= 0.6 is 11.6 Å². The smallest absolute Gasteiger partial charge is 0.239 e. The zero-order valence-corrected chi connectivity index (χ0v) is 8.30. The summed E-state index contributed by atoms with van der Waals surface area (Å²) < 4.78 is 5.26. The van der Waals surface area contributed by atoms with Crippen molar-refractivity contribution in [2.75, 3.05) is 11.2 Å². The van der Waals surface area contributed by atoms with Crippen molar-refractivity contribution in [3.63, 3.8) is 0 Å². The van der Waals surface area contributed by atoms with E-state index in [1.54, 1.807) is 0 Å². The van der Waals surface area contributed by atoms with E-state index in [9.17, 15) is 4.79 Å². The number of alkyl halides is 1. The first-order valence-electron chi connectivity index (χ1n) is 4.35. The van der Waals surface area contributed by atoms with E-state index < -0.39 is 0 Å². The van der Waals surface area contributed by atoms with Crippen LogP contribution < -0.4 is 5.32 Å². The monoisotopic (exact) mass is 211 g/mol. The summed E-state index contributed by atoms with van der Waals surface area (Å²) in [5.41, 5.74) is 3.10. The summed E-state index contributed by atoms with van der Waals surface area (Å²) in [7, 11) is 0. The number of hydrogen-bond acceptors (Lipinski definition) is 2. The molecule has 0 unspecified atom stereocenters. The molecule has 14 heavy (non-hydrogen) atoms. The number of carbonyl (C=O) groups is 1. The Bertz CT molecular complexity index is 365. The fourth-order valence-corrected chi connectivity index (χ4v) is 1.51. The van der Waals surface area contributed by atoms with Gasteiger partial charge in [-0.05, 0) is 23.3 Å². The molecule has 1 amide bonds. The highest BCUT2D eigenvalue weighted by atomic mass is 35.5. The minimum absolute atomic E-state index is 0.0203. The second kappa shape index (κ2) is 3.98. The van der Waals surface area contributed by atoms with Gasteiger partial charge in [-0.2, -0.15) is 0 Å². The Morgan fingerprint density at radius 2 is 2.21 bits per heavy atom. The third-order valence-electron chi connectivity index (χ3n) is 2.13. The fourth-order valence-electron chi connectivity index (χ4n) is 1.44. The van der Waals surface area contributed by atoms with E-state index in [4.69, 9.17) is 16.3 Å². The lowest BCUT2D eigenvalue weighted by Gasteiger charge is -2.04. The zero-order chi connectivity index (χ0) is 9.97. The molecule has 1 aliphatic heterocycles. The quantitative estimate of drug-likeness (QED) is 0.759. The summed E-state index contributed by atoms with van der Waals surface area (Å²) in [6.07, 6.45) is 0. The Balaban J connectivity index is 2.16. The molecule has 1 aromatic carbocycles. The molecule has 0 saturated carbocycles. The molecule has 0 atom stereocenters. The van der Waals surface area contributed by atoms with Crippen molar-refractivity contribution in [3.8, 4) is 0 Å². The molecular weight excluding hydrogens is 202 g/mol. The van der Waals surface area contributed by atoms with Crippen molar-refractivity contribution in [1.82, 2.24) is 0 Å². The standard InChI is InChI=1S/C10H10ClNO2/c11-4-10(13)12-9-2-1-7-5-14-6-8(7)3-9/h1-3H,4-6H2,(H,12,13). The molecule has 3 nitrogen and oxygen atoms in total. The van der Waals surface area contributed by atoms with Crippen LogP contribution in [0.4, 0.5) is 5.69 Å². The Labute approximate surface area is 87.0 Å². The average Bonchev–Trinajstić information content (AvgIpc) is 2.64. The Kier molecular flexibility index (Phi) is 2.70. The van der Waals surface area contributed by atoms with Gasteiger partial charge in [-0.1, -0.05) is 6.07 Å². The van der Waals surface area contributed by atoms with Gasteiger partial charge in [0.05, 0.1) is 13.2 Å². The van der Waals surface area contributed by atoms with Gasteiger partial charge < -0.3 is 10.1 Å². The number of halogens is 1. The van der Waals surface area contributed by atoms with E-state index in [1.807, 2.05) is 18.2 Å². The third kappa shape index (κ3) is 1.89. The second-order valence-corrected chi connectivity index (χ2v) is 3.43.